The molecule has 1 heterocycles. The molecule has 92 valence electrons. The van der Waals surface area contributed by atoms with Crippen molar-refractivity contribution >= 4 is 23.7 Å². The van der Waals surface area contributed by atoms with Gasteiger partial charge in [-0.2, -0.15) is 20.2 Å². The van der Waals surface area contributed by atoms with Gasteiger partial charge in [0.25, 0.3) is 0 Å². The molecule has 1 aromatic rings. The van der Waals surface area contributed by atoms with Gasteiger partial charge in [-0.3, -0.25) is 0 Å². The molecule has 0 aromatic carbocycles. The normalized spacial score (nSPS) is 11.6. The maximum Gasteiger partial charge on any atom is 0.228 e. The van der Waals surface area contributed by atoms with E-state index in [1.54, 1.807) is 0 Å². The summed E-state index contributed by atoms with van der Waals surface area (Å²) in [5.41, 5.74) is 0. The first-order valence-corrected chi connectivity index (χ1v) is 6.37. The summed E-state index contributed by atoms with van der Waals surface area (Å²) in [6.45, 7) is 7.25. The minimum atomic E-state index is -0.179. The summed E-state index contributed by atoms with van der Waals surface area (Å²) in [7, 11) is 0. The lowest BCUT2D eigenvalue weighted by Gasteiger charge is -2.08. The molecule has 0 bridgehead atoms. The highest BCUT2D eigenvalue weighted by Gasteiger charge is 2.09. The Morgan fingerprint density at radius 3 is 2.12 bits per heavy atom. The smallest absolute Gasteiger partial charge is 0.228 e. The van der Waals surface area contributed by atoms with E-state index in [9.17, 15) is 0 Å². The molecule has 1 unspecified atom stereocenters. The van der Waals surface area contributed by atoms with E-state index in [0.29, 0.717) is 17.1 Å². The lowest BCUT2D eigenvalue weighted by molar-refractivity contribution is 0.892. The van der Waals surface area contributed by atoms with Crippen molar-refractivity contribution in [1.82, 2.24) is 15.0 Å². The Hall–Kier alpha value is -1.55. The van der Waals surface area contributed by atoms with Crippen molar-refractivity contribution in [2.24, 2.45) is 0 Å². The van der Waals surface area contributed by atoms with Gasteiger partial charge in [-0.25, -0.2) is 0 Å². The molecule has 0 saturated heterocycles. The summed E-state index contributed by atoms with van der Waals surface area (Å²) in [6.07, 6.45) is 0. The summed E-state index contributed by atoms with van der Waals surface area (Å²) >= 11 is 1.32. The number of rotatable bonds is 6. The first kappa shape index (κ1) is 13.5. The maximum absolute atomic E-state index is 8.77. The lowest BCUT2D eigenvalue weighted by Crippen LogP contribution is -2.10. The van der Waals surface area contributed by atoms with Crippen LogP contribution in [-0.4, -0.2) is 33.3 Å². The number of anilines is 2. The van der Waals surface area contributed by atoms with Gasteiger partial charge in [0.1, 0.15) is 0 Å². The number of nitriles is 1. The molecule has 0 fully saturated rings. The molecule has 6 nitrogen and oxygen atoms in total. The zero-order valence-corrected chi connectivity index (χ0v) is 11.0. The van der Waals surface area contributed by atoms with Crippen molar-refractivity contribution in [3.05, 3.63) is 0 Å². The van der Waals surface area contributed by atoms with Crippen molar-refractivity contribution in [1.29, 1.82) is 5.26 Å². The number of aromatic nitrogens is 3. The van der Waals surface area contributed by atoms with E-state index in [0.717, 1.165) is 13.1 Å². The van der Waals surface area contributed by atoms with Crippen LogP contribution in [0.15, 0.2) is 5.16 Å². The average molecular weight is 252 g/mol. The highest BCUT2D eigenvalue weighted by Crippen LogP contribution is 2.20. The van der Waals surface area contributed by atoms with Gasteiger partial charge in [0, 0.05) is 13.1 Å². The van der Waals surface area contributed by atoms with Crippen LogP contribution >= 0.6 is 11.8 Å². The Labute approximate surface area is 105 Å². The van der Waals surface area contributed by atoms with E-state index in [2.05, 4.69) is 31.7 Å². The first-order chi connectivity index (χ1) is 8.19. The first-order valence-electron chi connectivity index (χ1n) is 5.49. The third-order valence-electron chi connectivity index (χ3n) is 1.75. The molecule has 7 heteroatoms. The third kappa shape index (κ3) is 4.44. The average Bonchev–Trinajstić information content (AvgIpc) is 2.29. The van der Waals surface area contributed by atoms with Crippen LogP contribution in [0.2, 0.25) is 0 Å². The zero-order valence-electron chi connectivity index (χ0n) is 10.2. The molecule has 0 saturated carbocycles. The van der Waals surface area contributed by atoms with Crippen molar-refractivity contribution < 1.29 is 0 Å². The van der Waals surface area contributed by atoms with Crippen LogP contribution in [0.4, 0.5) is 11.9 Å². The Kier molecular flexibility index (Phi) is 5.49. The Balaban J connectivity index is 2.91. The number of nitrogens with one attached hydrogen (secondary N) is 2. The molecule has 17 heavy (non-hydrogen) atoms. The van der Waals surface area contributed by atoms with Gasteiger partial charge in [-0.15, -0.1) is 0 Å². The SMILES string of the molecule is CCNc1nc(NCC)nc(SC(C)C#N)n1. The van der Waals surface area contributed by atoms with E-state index in [4.69, 9.17) is 5.26 Å². The molecular formula is C10H16N6S. The standard InChI is InChI=1S/C10H16N6S/c1-4-12-8-14-9(13-5-2)16-10(15-8)17-7(3)6-11/h7H,4-5H2,1-3H3,(H2,12,13,14,15,16). The fourth-order valence-corrected chi connectivity index (χ4v) is 1.72. The van der Waals surface area contributed by atoms with Crippen molar-refractivity contribution in [2.75, 3.05) is 23.7 Å². The number of nitrogens with zero attached hydrogens (tertiary/aromatic N) is 4. The van der Waals surface area contributed by atoms with E-state index >= 15 is 0 Å². The molecule has 0 amide bonds. The maximum atomic E-state index is 8.77. The molecular weight excluding hydrogens is 236 g/mol. The number of hydrogen-bond donors (Lipinski definition) is 2. The van der Waals surface area contributed by atoms with Crippen molar-refractivity contribution in [3.63, 3.8) is 0 Å². The fourth-order valence-electron chi connectivity index (χ4n) is 1.07. The molecule has 0 aliphatic heterocycles. The van der Waals surface area contributed by atoms with E-state index in [1.165, 1.54) is 11.8 Å². The number of hydrogen-bond acceptors (Lipinski definition) is 7. The van der Waals surface area contributed by atoms with E-state index in [1.807, 2.05) is 20.8 Å². The summed E-state index contributed by atoms with van der Waals surface area (Å²) in [4.78, 5) is 12.7. The highest BCUT2D eigenvalue weighted by molar-refractivity contribution is 8.00. The van der Waals surface area contributed by atoms with E-state index in [-0.39, 0.29) is 5.25 Å². The van der Waals surface area contributed by atoms with Gasteiger partial charge in [-0.1, -0.05) is 11.8 Å². The van der Waals surface area contributed by atoms with Crippen LogP contribution in [0.25, 0.3) is 0 Å². The van der Waals surface area contributed by atoms with Crippen molar-refractivity contribution in [2.45, 2.75) is 31.2 Å². The molecule has 0 spiro atoms. The quantitative estimate of drug-likeness (QED) is 0.746. The molecule has 1 aromatic heterocycles. The molecule has 1 rings (SSSR count). The lowest BCUT2D eigenvalue weighted by atomic mass is 10.5. The van der Waals surface area contributed by atoms with Crippen LogP contribution in [0.3, 0.4) is 0 Å². The van der Waals surface area contributed by atoms with E-state index < -0.39 is 0 Å². The minimum Gasteiger partial charge on any atom is -0.354 e. The largest absolute Gasteiger partial charge is 0.354 e. The topological polar surface area (TPSA) is 86.5 Å². The second kappa shape index (κ2) is 6.91. The summed E-state index contributed by atoms with van der Waals surface area (Å²) in [5.74, 6) is 1.07. The van der Waals surface area contributed by atoms with Crippen LogP contribution in [0.1, 0.15) is 20.8 Å². The van der Waals surface area contributed by atoms with Gasteiger partial charge in [0.2, 0.25) is 11.9 Å². The van der Waals surface area contributed by atoms with Crippen LogP contribution in [0, 0.1) is 11.3 Å². The summed E-state index contributed by atoms with van der Waals surface area (Å²) < 4.78 is 0. The van der Waals surface area contributed by atoms with Gasteiger partial charge < -0.3 is 10.6 Å². The molecule has 0 aliphatic carbocycles. The van der Waals surface area contributed by atoms with Crippen LogP contribution in [-0.2, 0) is 0 Å². The summed E-state index contributed by atoms with van der Waals surface area (Å²) in [5, 5.41) is 15.2. The molecule has 0 radical (unpaired) electrons. The fraction of sp³-hybridized carbons (Fsp3) is 0.600. The third-order valence-corrected chi connectivity index (χ3v) is 2.60. The van der Waals surface area contributed by atoms with Gasteiger partial charge in [-0.05, 0) is 20.8 Å². The van der Waals surface area contributed by atoms with Gasteiger partial charge in [0.15, 0.2) is 5.16 Å². The van der Waals surface area contributed by atoms with Gasteiger partial charge in [0.05, 0.1) is 11.3 Å². The van der Waals surface area contributed by atoms with Gasteiger partial charge >= 0.3 is 0 Å². The monoisotopic (exact) mass is 252 g/mol. The second-order valence-corrected chi connectivity index (χ2v) is 4.52. The Morgan fingerprint density at radius 2 is 1.71 bits per heavy atom. The van der Waals surface area contributed by atoms with Crippen LogP contribution in [0.5, 0.6) is 0 Å². The second-order valence-electron chi connectivity index (χ2n) is 3.22. The summed E-state index contributed by atoms with van der Waals surface area (Å²) in [6, 6.07) is 2.14. The molecule has 2 N–H and O–H groups in total. The Morgan fingerprint density at radius 1 is 1.18 bits per heavy atom. The highest BCUT2D eigenvalue weighted by atomic mass is 32.2. The predicted octanol–water partition coefficient (Wildman–Crippen LogP) is 1.74. The number of thioether (sulfide) groups is 1. The Bertz CT molecular complexity index is 378. The molecule has 0 aliphatic rings. The minimum absolute atomic E-state index is 0.179. The zero-order chi connectivity index (χ0) is 12.7. The molecule has 1 atom stereocenters. The predicted molar refractivity (Wildman–Crippen MR) is 69.1 cm³/mol. The van der Waals surface area contributed by atoms with Crippen LogP contribution < -0.4 is 10.6 Å². The van der Waals surface area contributed by atoms with Crippen molar-refractivity contribution in [3.8, 4) is 6.07 Å².